The number of Topliss-reactive ketones (excluding diaryl/α,β-unsaturated/α-hetero) is 1. The summed E-state index contributed by atoms with van der Waals surface area (Å²) < 4.78 is 12.9. The summed E-state index contributed by atoms with van der Waals surface area (Å²) in [5.74, 6) is 1.61. The number of fused-ring (bicyclic) bond motifs is 1. The summed E-state index contributed by atoms with van der Waals surface area (Å²) in [6.45, 7) is 7.24. The van der Waals surface area contributed by atoms with Gasteiger partial charge in [-0.3, -0.25) is 4.79 Å². The molecule has 5 nitrogen and oxygen atoms in total. The summed E-state index contributed by atoms with van der Waals surface area (Å²) >= 11 is 0. The summed E-state index contributed by atoms with van der Waals surface area (Å²) in [5.41, 5.74) is 6.14. The van der Waals surface area contributed by atoms with Gasteiger partial charge in [-0.15, -0.1) is 0 Å². The molecule has 1 aromatic heterocycles. The number of carbonyl (C=O) groups excluding carboxylic acids is 1. The summed E-state index contributed by atoms with van der Waals surface area (Å²) in [6, 6.07) is 16.1. The van der Waals surface area contributed by atoms with Gasteiger partial charge in [0.1, 0.15) is 0 Å². The Kier molecular flexibility index (Phi) is 4.92. The lowest BCUT2D eigenvalue weighted by Crippen LogP contribution is -2.23. The number of aryl methyl sites for hydroxylation is 2. The van der Waals surface area contributed by atoms with E-state index in [1.165, 1.54) is 5.56 Å². The number of nitrogens with zero attached hydrogens (tertiary/aromatic N) is 1. The van der Waals surface area contributed by atoms with Crippen molar-refractivity contribution in [1.82, 2.24) is 9.88 Å². The van der Waals surface area contributed by atoms with Crippen molar-refractivity contribution in [2.75, 3.05) is 13.3 Å². The number of benzene rings is 2. The summed E-state index contributed by atoms with van der Waals surface area (Å²) in [4.78, 5) is 12.8. The number of hydrogen-bond acceptors (Lipinski definition) is 4. The Labute approximate surface area is 164 Å². The van der Waals surface area contributed by atoms with Crippen LogP contribution in [0.3, 0.4) is 0 Å². The predicted octanol–water partition coefficient (Wildman–Crippen LogP) is 4.10. The Balaban J connectivity index is 1.44. The second kappa shape index (κ2) is 7.52. The van der Waals surface area contributed by atoms with Crippen LogP contribution in [0.15, 0.2) is 48.5 Å². The van der Waals surface area contributed by atoms with Crippen LogP contribution in [0.25, 0.3) is 5.69 Å². The zero-order chi connectivity index (χ0) is 19.7. The lowest BCUT2D eigenvalue weighted by Gasteiger charge is -2.10. The molecule has 4 rings (SSSR count). The van der Waals surface area contributed by atoms with Crippen molar-refractivity contribution in [2.24, 2.45) is 0 Å². The van der Waals surface area contributed by atoms with Gasteiger partial charge in [0.2, 0.25) is 6.79 Å². The first-order valence-electron chi connectivity index (χ1n) is 9.41. The van der Waals surface area contributed by atoms with Crippen LogP contribution in [0.2, 0.25) is 0 Å². The summed E-state index contributed by atoms with van der Waals surface area (Å²) in [7, 11) is 0. The zero-order valence-corrected chi connectivity index (χ0v) is 16.4. The monoisotopic (exact) mass is 376 g/mol. The van der Waals surface area contributed by atoms with E-state index in [9.17, 15) is 4.79 Å². The first-order valence-corrected chi connectivity index (χ1v) is 9.41. The Morgan fingerprint density at radius 1 is 1.00 bits per heavy atom. The number of rotatable bonds is 6. The molecule has 0 saturated heterocycles. The minimum absolute atomic E-state index is 0.0900. The fourth-order valence-electron chi connectivity index (χ4n) is 3.60. The van der Waals surface area contributed by atoms with Crippen LogP contribution < -0.4 is 14.8 Å². The van der Waals surface area contributed by atoms with Crippen LogP contribution in [0.1, 0.15) is 32.9 Å². The van der Waals surface area contributed by atoms with E-state index in [1.54, 1.807) is 0 Å². The van der Waals surface area contributed by atoms with Gasteiger partial charge in [-0.1, -0.05) is 23.8 Å². The van der Waals surface area contributed by atoms with Gasteiger partial charge in [0, 0.05) is 29.2 Å². The van der Waals surface area contributed by atoms with E-state index in [2.05, 4.69) is 41.1 Å². The average Bonchev–Trinajstić information content (AvgIpc) is 3.26. The van der Waals surface area contributed by atoms with Crippen LogP contribution in [0.5, 0.6) is 11.5 Å². The number of carbonyl (C=O) groups is 1. The fraction of sp³-hybridized carbons (Fsp3) is 0.261. The first-order chi connectivity index (χ1) is 13.5. The quantitative estimate of drug-likeness (QED) is 0.658. The number of nitrogens with one attached hydrogen (secondary N) is 1. The molecule has 144 valence electrons. The van der Waals surface area contributed by atoms with Crippen molar-refractivity contribution >= 4 is 5.78 Å². The van der Waals surface area contributed by atoms with Gasteiger partial charge in [0.25, 0.3) is 0 Å². The Hall–Kier alpha value is -3.05. The standard InChI is InChI=1S/C23H24N2O3/c1-15-4-7-19(8-5-15)25-16(2)10-20(17(25)3)21(26)13-24-12-18-6-9-22-23(11-18)28-14-27-22/h4-11,24H,12-14H2,1-3H3. The second-order valence-electron chi connectivity index (χ2n) is 7.17. The highest BCUT2D eigenvalue weighted by Gasteiger charge is 2.17. The molecule has 28 heavy (non-hydrogen) atoms. The largest absolute Gasteiger partial charge is 0.454 e. The maximum absolute atomic E-state index is 12.8. The van der Waals surface area contributed by atoms with Gasteiger partial charge >= 0.3 is 0 Å². The highest BCUT2D eigenvalue weighted by molar-refractivity contribution is 5.99. The third-order valence-corrected chi connectivity index (χ3v) is 5.08. The normalized spacial score (nSPS) is 12.4. The maximum atomic E-state index is 12.8. The Morgan fingerprint density at radius 2 is 1.75 bits per heavy atom. The van der Waals surface area contributed by atoms with Crippen molar-refractivity contribution in [2.45, 2.75) is 27.3 Å². The minimum Gasteiger partial charge on any atom is -0.454 e. The third kappa shape index (κ3) is 3.53. The van der Waals surface area contributed by atoms with E-state index in [0.29, 0.717) is 6.54 Å². The fourth-order valence-corrected chi connectivity index (χ4v) is 3.60. The van der Waals surface area contributed by atoms with Gasteiger partial charge in [-0.05, 0) is 56.7 Å². The Bertz CT molecular complexity index is 1020. The molecule has 1 N–H and O–H groups in total. The van der Waals surface area contributed by atoms with E-state index in [4.69, 9.17) is 9.47 Å². The van der Waals surface area contributed by atoms with Gasteiger partial charge in [0.15, 0.2) is 17.3 Å². The van der Waals surface area contributed by atoms with Crippen LogP contribution in [-0.4, -0.2) is 23.7 Å². The molecule has 2 aromatic carbocycles. The molecule has 1 aliphatic rings. The molecular weight excluding hydrogens is 352 g/mol. The number of aromatic nitrogens is 1. The summed E-state index contributed by atoms with van der Waals surface area (Å²) in [6.07, 6.45) is 0. The average molecular weight is 376 g/mol. The maximum Gasteiger partial charge on any atom is 0.231 e. The highest BCUT2D eigenvalue weighted by atomic mass is 16.7. The van der Waals surface area contributed by atoms with E-state index < -0.39 is 0 Å². The first kappa shape index (κ1) is 18.3. The number of ether oxygens (including phenoxy) is 2. The zero-order valence-electron chi connectivity index (χ0n) is 16.4. The molecule has 3 aromatic rings. The molecule has 2 heterocycles. The molecule has 0 spiro atoms. The molecule has 5 heteroatoms. The van der Waals surface area contributed by atoms with Gasteiger partial charge in [0.05, 0.1) is 6.54 Å². The van der Waals surface area contributed by atoms with Crippen molar-refractivity contribution in [3.05, 3.63) is 76.6 Å². The molecule has 0 unspecified atom stereocenters. The molecule has 1 aliphatic heterocycles. The Morgan fingerprint density at radius 3 is 2.54 bits per heavy atom. The van der Waals surface area contributed by atoms with E-state index >= 15 is 0 Å². The molecule has 0 aliphatic carbocycles. The SMILES string of the molecule is Cc1ccc(-n2c(C)cc(C(=O)CNCc3ccc4c(c3)OCO4)c2C)cc1. The van der Waals surface area contributed by atoms with Gasteiger partial charge in [-0.25, -0.2) is 0 Å². The molecule has 0 radical (unpaired) electrons. The van der Waals surface area contributed by atoms with Crippen LogP contribution >= 0.6 is 0 Å². The van der Waals surface area contributed by atoms with E-state index in [0.717, 1.165) is 39.7 Å². The van der Waals surface area contributed by atoms with Crippen molar-refractivity contribution in [3.63, 3.8) is 0 Å². The predicted molar refractivity (Wildman–Crippen MR) is 109 cm³/mol. The lowest BCUT2D eigenvalue weighted by molar-refractivity contribution is 0.0990. The highest BCUT2D eigenvalue weighted by Crippen LogP contribution is 2.32. The molecule has 0 saturated carbocycles. The van der Waals surface area contributed by atoms with Gasteiger partial charge in [-0.2, -0.15) is 0 Å². The van der Waals surface area contributed by atoms with Crippen molar-refractivity contribution < 1.29 is 14.3 Å². The molecule has 0 fully saturated rings. The number of hydrogen-bond donors (Lipinski definition) is 1. The van der Waals surface area contributed by atoms with Crippen LogP contribution in [0, 0.1) is 20.8 Å². The topological polar surface area (TPSA) is 52.5 Å². The molecular formula is C23H24N2O3. The third-order valence-electron chi connectivity index (χ3n) is 5.08. The van der Waals surface area contributed by atoms with E-state index in [-0.39, 0.29) is 19.1 Å². The lowest BCUT2D eigenvalue weighted by atomic mass is 10.1. The molecule has 0 atom stereocenters. The smallest absolute Gasteiger partial charge is 0.231 e. The van der Waals surface area contributed by atoms with Crippen molar-refractivity contribution in [3.8, 4) is 17.2 Å². The van der Waals surface area contributed by atoms with Crippen LogP contribution in [0.4, 0.5) is 0 Å². The van der Waals surface area contributed by atoms with E-state index in [1.807, 2.05) is 38.1 Å². The second-order valence-corrected chi connectivity index (χ2v) is 7.17. The number of ketones is 1. The summed E-state index contributed by atoms with van der Waals surface area (Å²) in [5, 5.41) is 3.24. The van der Waals surface area contributed by atoms with Crippen molar-refractivity contribution in [1.29, 1.82) is 0 Å². The van der Waals surface area contributed by atoms with Crippen LogP contribution in [-0.2, 0) is 6.54 Å². The van der Waals surface area contributed by atoms with Gasteiger partial charge < -0.3 is 19.4 Å². The molecule has 0 bridgehead atoms. The minimum atomic E-state index is 0.0900. The molecule has 0 amide bonds.